The van der Waals surface area contributed by atoms with Crippen molar-refractivity contribution in [1.82, 2.24) is 9.97 Å². The number of rotatable bonds is 6. The van der Waals surface area contributed by atoms with Gasteiger partial charge in [-0.15, -0.1) is 0 Å². The molecule has 1 aromatic carbocycles. The lowest BCUT2D eigenvalue weighted by Crippen LogP contribution is -2.41. The molecule has 1 aliphatic carbocycles. The van der Waals surface area contributed by atoms with Gasteiger partial charge in [0, 0.05) is 22.6 Å². The maximum absolute atomic E-state index is 10.2. The molecular formula is C21H25Cl2N5O. The Labute approximate surface area is 181 Å². The normalized spacial score (nSPS) is 20.7. The van der Waals surface area contributed by atoms with Crippen LogP contribution in [-0.2, 0) is 6.42 Å². The number of nitriles is 1. The summed E-state index contributed by atoms with van der Waals surface area (Å²) in [6.07, 6.45) is 4.27. The molecule has 0 aliphatic heterocycles. The molecule has 1 saturated carbocycles. The van der Waals surface area contributed by atoms with E-state index < -0.39 is 0 Å². The minimum absolute atomic E-state index is 0.149. The van der Waals surface area contributed by atoms with Crippen LogP contribution in [0, 0.1) is 16.7 Å². The quantitative estimate of drug-likeness (QED) is 0.612. The van der Waals surface area contributed by atoms with Crippen LogP contribution < -0.4 is 10.6 Å². The highest BCUT2D eigenvalue weighted by Crippen LogP contribution is 2.37. The zero-order chi connectivity index (χ0) is 21.0. The van der Waals surface area contributed by atoms with E-state index in [0.717, 1.165) is 24.8 Å². The van der Waals surface area contributed by atoms with E-state index in [2.05, 4.69) is 40.5 Å². The van der Waals surface area contributed by atoms with Crippen LogP contribution in [0.4, 0.5) is 11.8 Å². The van der Waals surface area contributed by atoms with Crippen LogP contribution in [0.25, 0.3) is 0 Å². The number of anilines is 2. The molecule has 6 nitrogen and oxygen atoms in total. The Morgan fingerprint density at radius 1 is 1.31 bits per heavy atom. The van der Waals surface area contributed by atoms with Crippen LogP contribution >= 0.6 is 23.2 Å². The van der Waals surface area contributed by atoms with Crippen molar-refractivity contribution >= 4 is 35.0 Å². The van der Waals surface area contributed by atoms with Gasteiger partial charge >= 0.3 is 0 Å². The van der Waals surface area contributed by atoms with Crippen molar-refractivity contribution in [1.29, 1.82) is 5.26 Å². The van der Waals surface area contributed by atoms with Gasteiger partial charge in [-0.2, -0.15) is 10.2 Å². The lowest BCUT2D eigenvalue weighted by atomic mass is 9.73. The summed E-state index contributed by atoms with van der Waals surface area (Å²) in [6.45, 7) is 4.71. The van der Waals surface area contributed by atoms with E-state index in [4.69, 9.17) is 23.2 Å². The number of hydrogen-bond acceptors (Lipinski definition) is 6. The molecule has 3 rings (SSSR count). The minimum Gasteiger partial charge on any atom is -0.393 e. The standard InChI is InChI=1S/C21H25Cl2N5O/c1-21(2)10-16(5-6-18(21)29)27-19-14(11-24)12-26-20(28-19)25-8-7-13-3-4-15(22)9-17(13)23/h3-4,9,12,16,18,29H,5-8,10H2,1-2H3,(H2,25,26,27,28)/t16-,18+/m1/s1. The number of aromatic nitrogens is 2. The summed E-state index contributed by atoms with van der Waals surface area (Å²) in [6, 6.07) is 7.73. The number of hydrogen-bond donors (Lipinski definition) is 3. The van der Waals surface area contributed by atoms with Gasteiger partial charge in [-0.05, 0) is 48.8 Å². The summed E-state index contributed by atoms with van der Waals surface area (Å²) >= 11 is 12.1. The van der Waals surface area contributed by atoms with E-state index in [1.54, 1.807) is 6.07 Å². The Morgan fingerprint density at radius 2 is 2.10 bits per heavy atom. The van der Waals surface area contributed by atoms with Gasteiger partial charge in [0.15, 0.2) is 0 Å². The highest BCUT2D eigenvalue weighted by molar-refractivity contribution is 6.35. The molecule has 2 aromatic rings. The average molecular weight is 434 g/mol. The van der Waals surface area contributed by atoms with Gasteiger partial charge in [0.2, 0.25) is 5.95 Å². The third-order valence-corrected chi connectivity index (χ3v) is 5.99. The largest absolute Gasteiger partial charge is 0.393 e. The second-order valence-corrected chi connectivity index (χ2v) is 8.95. The van der Waals surface area contributed by atoms with Gasteiger partial charge in [-0.1, -0.05) is 43.1 Å². The van der Waals surface area contributed by atoms with Crippen molar-refractivity contribution in [3.8, 4) is 6.07 Å². The van der Waals surface area contributed by atoms with Crippen LogP contribution in [0.3, 0.4) is 0 Å². The van der Waals surface area contributed by atoms with Crippen molar-refractivity contribution in [2.24, 2.45) is 5.41 Å². The topological polar surface area (TPSA) is 93.9 Å². The van der Waals surface area contributed by atoms with Crippen LogP contribution in [0.1, 0.15) is 44.2 Å². The molecule has 0 saturated heterocycles. The molecule has 1 heterocycles. The summed E-state index contributed by atoms with van der Waals surface area (Å²) in [5.41, 5.74) is 1.22. The van der Waals surface area contributed by atoms with Crippen LogP contribution in [0.2, 0.25) is 10.0 Å². The highest BCUT2D eigenvalue weighted by atomic mass is 35.5. The number of halogens is 2. The fraction of sp³-hybridized carbons (Fsp3) is 0.476. The summed E-state index contributed by atoms with van der Waals surface area (Å²) < 4.78 is 0. The Kier molecular flexibility index (Phi) is 6.84. The molecule has 2 atom stereocenters. The first kappa shape index (κ1) is 21.6. The summed E-state index contributed by atoms with van der Waals surface area (Å²) in [5, 5.41) is 27.4. The predicted molar refractivity (Wildman–Crippen MR) is 116 cm³/mol. The maximum Gasteiger partial charge on any atom is 0.224 e. The Bertz CT molecular complexity index is 912. The SMILES string of the molecule is CC1(C)C[C@H](Nc2nc(NCCc3ccc(Cl)cc3Cl)ncc2C#N)CC[C@@H]1O. The molecule has 8 heteroatoms. The van der Waals surface area contributed by atoms with Crippen molar-refractivity contribution in [3.63, 3.8) is 0 Å². The van der Waals surface area contributed by atoms with Crippen molar-refractivity contribution in [2.75, 3.05) is 17.2 Å². The molecule has 3 N–H and O–H groups in total. The second kappa shape index (κ2) is 9.17. The summed E-state index contributed by atoms with van der Waals surface area (Å²) in [7, 11) is 0. The molecule has 29 heavy (non-hydrogen) atoms. The molecule has 1 fully saturated rings. The molecule has 0 unspecified atom stereocenters. The van der Waals surface area contributed by atoms with Gasteiger partial charge < -0.3 is 15.7 Å². The van der Waals surface area contributed by atoms with E-state index in [-0.39, 0.29) is 17.6 Å². The average Bonchev–Trinajstić information content (AvgIpc) is 2.66. The number of nitrogens with zero attached hydrogens (tertiary/aromatic N) is 3. The number of benzene rings is 1. The van der Waals surface area contributed by atoms with E-state index in [1.807, 2.05) is 12.1 Å². The molecule has 0 bridgehead atoms. The molecule has 0 amide bonds. The van der Waals surface area contributed by atoms with Crippen molar-refractivity contribution < 1.29 is 5.11 Å². The maximum atomic E-state index is 10.2. The molecule has 1 aromatic heterocycles. The van der Waals surface area contributed by atoms with E-state index in [1.165, 1.54) is 6.20 Å². The van der Waals surface area contributed by atoms with Gasteiger partial charge in [-0.25, -0.2) is 4.98 Å². The van der Waals surface area contributed by atoms with Gasteiger partial charge in [0.25, 0.3) is 0 Å². The Morgan fingerprint density at radius 3 is 2.79 bits per heavy atom. The van der Waals surface area contributed by atoms with Gasteiger partial charge in [0.05, 0.1) is 12.3 Å². The Hall–Kier alpha value is -2.07. The second-order valence-electron chi connectivity index (χ2n) is 8.11. The third-order valence-electron chi connectivity index (χ3n) is 5.41. The van der Waals surface area contributed by atoms with Gasteiger partial charge in [-0.3, -0.25) is 0 Å². The van der Waals surface area contributed by atoms with Crippen LogP contribution in [0.5, 0.6) is 0 Å². The molecular weight excluding hydrogens is 409 g/mol. The molecule has 1 aliphatic rings. The number of aliphatic hydroxyl groups excluding tert-OH is 1. The van der Waals surface area contributed by atoms with Crippen molar-refractivity contribution in [2.45, 2.75) is 51.7 Å². The summed E-state index contributed by atoms with van der Waals surface area (Å²) in [4.78, 5) is 8.73. The molecule has 0 radical (unpaired) electrons. The van der Waals surface area contributed by atoms with E-state index in [9.17, 15) is 10.4 Å². The highest BCUT2D eigenvalue weighted by Gasteiger charge is 2.35. The smallest absolute Gasteiger partial charge is 0.224 e. The fourth-order valence-corrected chi connectivity index (χ4v) is 4.13. The third kappa shape index (κ3) is 5.51. The Balaban J connectivity index is 1.65. The van der Waals surface area contributed by atoms with Crippen LogP contribution in [-0.4, -0.2) is 33.8 Å². The first-order chi connectivity index (χ1) is 13.8. The van der Waals surface area contributed by atoms with Gasteiger partial charge in [0.1, 0.15) is 17.5 Å². The first-order valence-electron chi connectivity index (χ1n) is 9.68. The lowest BCUT2D eigenvalue weighted by Gasteiger charge is -2.40. The van der Waals surface area contributed by atoms with E-state index in [0.29, 0.717) is 40.3 Å². The lowest BCUT2D eigenvalue weighted by molar-refractivity contribution is 0.00926. The number of nitrogens with one attached hydrogen (secondary N) is 2. The molecule has 154 valence electrons. The number of aliphatic hydroxyl groups is 1. The first-order valence-corrected chi connectivity index (χ1v) is 10.4. The summed E-state index contributed by atoms with van der Waals surface area (Å²) in [5.74, 6) is 0.971. The van der Waals surface area contributed by atoms with Crippen molar-refractivity contribution in [3.05, 3.63) is 45.6 Å². The van der Waals surface area contributed by atoms with Crippen LogP contribution in [0.15, 0.2) is 24.4 Å². The predicted octanol–water partition coefficient (Wildman–Crippen LogP) is 4.66. The van der Waals surface area contributed by atoms with E-state index >= 15 is 0 Å². The zero-order valence-corrected chi connectivity index (χ0v) is 18.1. The monoisotopic (exact) mass is 433 g/mol. The zero-order valence-electron chi connectivity index (χ0n) is 16.5. The minimum atomic E-state index is -0.307. The fourth-order valence-electron chi connectivity index (χ4n) is 3.63. The molecule has 0 spiro atoms.